The third-order valence-corrected chi connectivity index (χ3v) is 6.45. The zero-order chi connectivity index (χ0) is 22.2. The molecule has 2 fully saturated rings. The average Bonchev–Trinajstić information content (AvgIpc) is 3.10. The van der Waals surface area contributed by atoms with E-state index in [0.29, 0.717) is 32.9 Å². The minimum atomic E-state index is -0.432. The summed E-state index contributed by atoms with van der Waals surface area (Å²) in [5.41, 5.74) is 3.16. The molecule has 2 aliphatic heterocycles. The highest BCUT2D eigenvalue weighted by molar-refractivity contribution is 8.18. The van der Waals surface area contributed by atoms with Crippen LogP contribution in [0.2, 0.25) is 0 Å². The molecule has 1 aromatic carbocycles. The number of anilines is 1. The first kappa shape index (κ1) is 20.6. The Morgan fingerprint density at radius 1 is 1.09 bits per heavy atom. The van der Waals surface area contributed by atoms with E-state index < -0.39 is 11.1 Å². The molecule has 4 heterocycles. The predicted octanol–water partition coefficient (Wildman–Crippen LogP) is 3.51. The van der Waals surface area contributed by atoms with Crippen LogP contribution >= 0.6 is 11.8 Å². The van der Waals surface area contributed by atoms with Crippen LogP contribution < -0.4 is 10.2 Å². The number of rotatable bonds is 3. The van der Waals surface area contributed by atoms with E-state index in [-0.39, 0.29) is 5.82 Å². The van der Waals surface area contributed by atoms with Crippen molar-refractivity contribution in [2.24, 2.45) is 0 Å². The van der Waals surface area contributed by atoms with E-state index in [4.69, 9.17) is 0 Å². The van der Waals surface area contributed by atoms with Gasteiger partial charge in [0.25, 0.3) is 11.1 Å². The molecule has 0 saturated carbocycles. The molecule has 3 aromatic rings. The Morgan fingerprint density at radius 2 is 1.91 bits per heavy atom. The number of likely N-dealkylation sites (N-methyl/N-ethyl adjacent to an activating group) is 1. The van der Waals surface area contributed by atoms with Crippen LogP contribution in [0.15, 0.2) is 47.6 Å². The number of carbonyl (C=O) groups is 2. The number of thioether (sulfide) groups is 1. The summed E-state index contributed by atoms with van der Waals surface area (Å²) in [6.07, 6.45) is 4.93. The zero-order valence-corrected chi connectivity index (χ0v) is 18.2. The number of pyridine rings is 2. The van der Waals surface area contributed by atoms with E-state index in [9.17, 15) is 9.59 Å². The van der Waals surface area contributed by atoms with Gasteiger partial charge >= 0.3 is 0 Å². The number of nitrogens with one attached hydrogen (secondary N) is 1. The lowest BCUT2D eigenvalue weighted by Gasteiger charge is -2.34. The lowest BCUT2D eigenvalue weighted by atomic mass is 10.0. The SMILES string of the molecule is CN1CCN(c2ccc(-c3cncc4ccc(C=C5SC(=O)NC5=O)nc34)cc2F)CC1. The maximum atomic E-state index is 15.1. The molecular weight excluding hydrogens is 429 g/mol. The lowest BCUT2D eigenvalue weighted by Crippen LogP contribution is -2.44. The van der Waals surface area contributed by atoms with Crippen molar-refractivity contribution in [2.45, 2.75) is 0 Å². The van der Waals surface area contributed by atoms with Gasteiger partial charge in [-0.3, -0.25) is 19.9 Å². The summed E-state index contributed by atoms with van der Waals surface area (Å²) in [5, 5.41) is 2.63. The molecule has 162 valence electrons. The Labute approximate surface area is 188 Å². The molecule has 32 heavy (non-hydrogen) atoms. The minimum Gasteiger partial charge on any atom is -0.367 e. The minimum absolute atomic E-state index is 0.278. The van der Waals surface area contributed by atoms with E-state index in [1.165, 1.54) is 6.07 Å². The van der Waals surface area contributed by atoms with E-state index in [1.54, 1.807) is 24.5 Å². The average molecular weight is 450 g/mol. The third-order valence-electron chi connectivity index (χ3n) is 5.64. The second-order valence-corrected chi connectivity index (χ2v) is 8.82. The van der Waals surface area contributed by atoms with Gasteiger partial charge in [-0.05, 0) is 54.7 Å². The van der Waals surface area contributed by atoms with Gasteiger partial charge in [0.1, 0.15) is 5.82 Å². The van der Waals surface area contributed by atoms with Crippen LogP contribution in [0.4, 0.5) is 14.9 Å². The van der Waals surface area contributed by atoms with E-state index >= 15 is 4.39 Å². The number of amides is 2. The maximum absolute atomic E-state index is 15.1. The van der Waals surface area contributed by atoms with Crippen molar-refractivity contribution in [3.8, 4) is 11.1 Å². The van der Waals surface area contributed by atoms with Crippen LogP contribution in [0.5, 0.6) is 0 Å². The van der Waals surface area contributed by atoms with E-state index in [2.05, 4.69) is 32.1 Å². The largest absolute Gasteiger partial charge is 0.367 e. The smallest absolute Gasteiger partial charge is 0.290 e. The third kappa shape index (κ3) is 3.96. The van der Waals surface area contributed by atoms with Crippen molar-refractivity contribution in [1.82, 2.24) is 20.2 Å². The fourth-order valence-electron chi connectivity index (χ4n) is 3.88. The molecule has 0 unspecified atom stereocenters. The monoisotopic (exact) mass is 449 g/mol. The van der Waals surface area contributed by atoms with Crippen molar-refractivity contribution < 1.29 is 14.0 Å². The molecule has 2 amide bonds. The summed E-state index contributed by atoms with van der Waals surface area (Å²) >= 11 is 0.844. The molecule has 2 aromatic heterocycles. The number of imide groups is 1. The van der Waals surface area contributed by atoms with Crippen molar-refractivity contribution in [3.05, 3.63) is 59.1 Å². The van der Waals surface area contributed by atoms with Crippen molar-refractivity contribution in [3.63, 3.8) is 0 Å². The van der Waals surface area contributed by atoms with Gasteiger partial charge in [0.15, 0.2) is 0 Å². The molecule has 2 aliphatic rings. The van der Waals surface area contributed by atoms with Crippen molar-refractivity contribution in [1.29, 1.82) is 0 Å². The fourth-order valence-corrected chi connectivity index (χ4v) is 4.55. The summed E-state index contributed by atoms with van der Waals surface area (Å²) in [5.74, 6) is -0.710. The highest BCUT2D eigenvalue weighted by Gasteiger charge is 2.25. The number of fused-ring (bicyclic) bond motifs is 1. The van der Waals surface area contributed by atoms with Crippen LogP contribution in [-0.2, 0) is 4.79 Å². The summed E-state index contributed by atoms with van der Waals surface area (Å²) in [6, 6.07) is 8.83. The predicted molar refractivity (Wildman–Crippen MR) is 124 cm³/mol. The molecule has 2 saturated heterocycles. The molecule has 0 atom stereocenters. The summed E-state index contributed by atoms with van der Waals surface area (Å²) in [6.45, 7) is 3.38. The molecule has 0 radical (unpaired) electrons. The van der Waals surface area contributed by atoms with E-state index in [1.807, 2.05) is 18.2 Å². The molecule has 5 rings (SSSR count). The van der Waals surface area contributed by atoms with Gasteiger partial charge in [-0.1, -0.05) is 6.07 Å². The second-order valence-electron chi connectivity index (χ2n) is 7.80. The number of aromatic nitrogens is 2. The molecular formula is C23H20FN5O2S. The van der Waals surface area contributed by atoms with Crippen LogP contribution in [0, 0.1) is 5.82 Å². The number of halogens is 1. The first-order valence-electron chi connectivity index (χ1n) is 10.2. The zero-order valence-electron chi connectivity index (χ0n) is 17.3. The quantitative estimate of drug-likeness (QED) is 0.613. The van der Waals surface area contributed by atoms with Gasteiger partial charge in [-0.15, -0.1) is 0 Å². The number of hydrogen-bond acceptors (Lipinski definition) is 7. The number of carbonyl (C=O) groups excluding carboxylic acids is 2. The fraction of sp³-hybridized carbons (Fsp3) is 0.217. The van der Waals surface area contributed by atoms with Gasteiger partial charge in [0.05, 0.1) is 21.8 Å². The van der Waals surface area contributed by atoms with Gasteiger partial charge in [0.2, 0.25) is 0 Å². The Hall–Kier alpha value is -3.30. The maximum Gasteiger partial charge on any atom is 0.290 e. The Morgan fingerprint density at radius 3 is 2.62 bits per heavy atom. The lowest BCUT2D eigenvalue weighted by molar-refractivity contribution is -0.115. The Kier molecular flexibility index (Phi) is 5.36. The van der Waals surface area contributed by atoms with Crippen LogP contribution in [0.3, 0.4) is 0 Å². The van der Waals surface area contributed by atoms with Gasteiger partial charge in [-0.25, -0.2) is 9.37 Å². The standard InChI is InChI=1S/C23H20FN5O2S/c1-28-6-8-29(9-7-28)19-5-3-14(10-18(19)24)17-13-25-12-15-2-4-16(26-21(15)17)11-20-22(30)27-23(31)32-20/h2-5,10-13H,6-9H2,1H3,(H,27,30,31). The first-order valence-corrected chi connectivity index (χ1v) is 11.0. The molecule has 0 bridgehead atoms. The Bertz CT molecular complexity index is 1270. The van der Waals surface area contributed by atoms with Crippen molar-refractivity contribution >= 4 is 45.6 Å². The number of piperazine rings is 1. The van der Waals surface area contributed by atoms with Crippen LogP contribution in [0.1, 0.15) is 5.69 Å². The van der Waals surface area contributed by atoms with Gasteiger partial charge in [-0.2, -0.15) is 0 Å². The van der Waals surface area contributed by atoms with Gasteiger partial charge in [0, 0.05) is 49.5 Å². The van der Waals surface area contributed by atoms with E-state index in [0.717, 1.165) is 43.3 Å². The summed E-state index contributed by atoms with van der Waals surface area (Å²) < 4.78 is 15.1. The molecule has 0 aliphatic carbocycles. The highest BCUT2D eigenvalue weighted by atomic mass is 32.2. The van der Waals surface area contributed by atoms with Crippen LogP contribution in [-0.4, -0.2) is 59.2 Å². The first-order chi connectivity index (χ1) is 15.5. The Balaban J connectivity index is 1.51. The molecule has 9 heteroatoms. The molecule has 0 spiro atoms. The van der Waals surface area contributed by atoms with Crippen LogP contribution in [0.25, 0.3) is 28.1 Å². The summed E-state index contributed by atoms with van der Waals surface area (Å²) in [7, 11) is 2.07. The molecule has 7 nitrogen and oxygen atoms in total. The van der Waals surface area contributed by atoms with Crippen molar-refractivity contribution in [2.75, 3.05) is 38.1 Å². The highest BCUT2D eigenvalue weighted by Crippen LogP contribution is 2.31. The second kappa shape index (κ2) is 8.33. The number of nitrogens with zero attached hydrogens (tertiary/aromatic N) is 4. The number of hydrogen-bond donors (Lipinski definition) is 1. The molecule has 1 N–H and O–H groups in total. The summed E-state index contributed by atoms with van der Waals surface area (Å²) in [4.78, 5) is 36.8. The normalized spacial score (nSPS) is 18.6. The number of benzene rings is 1. The van der Waals surface area contributed by atoms with Gasteiger partial charge < -0.3 is 9.80 Å². The topological polar surface area (TPSA) is 78.4 Å².